The molecule has 0 aliphatic carbocycles. The Morgan fingerprint density at radius 1 is 1.50 bits per heavy atom. The fourth-order valence-electron chi connectivity index (χ4n) is 2.28. The van der Waals surface area contributed by atoms with Crippen LogP contribution < -0.4 is 0 Å². The summed E-state index contributed by atoms with van der Waals surface area (Å²) in [6.45, 7) is 0.927. The maximum absolute atomic E-state index is 12.7. The van der Waals surface area contributed by atoms with Crippen LogP contribution in [0.25, 0.3) is 0 Å². The quantitative estimate of drug-likeness (QED) is 0.752. The number of methoxy groups -OCH3 is 1. The van der Waals surface area contributed by atoms with Crippen LogP contribution in [0.3, 0.4) is 0 Å². The van der Waals surface area contributed by atoms with E-state index in [-0.39, 0.29) is 16.9 Å². The minimum Gasteiger partial charge on any atom is -0.380 e. The summed E-state index contributed by atoms with van der Waals surface area (Å²) in [5.41, 5.74) is 0.786. The minimum atomic E-state index is -3.52. The normalized spacial score (nSPS) is 21.1. The molecule has 0 aromatic heterocycles. The lowest BCUT2D eigenvalue weighted by atomic mass is 10.1. The van der Waals surface area contributed by atoms with Gasteiger partial charge in [0.2, 0.25) is 10.0 Å². The van der Waals surface area contributed by atoms with Gasteiger partial charge in [-0.25, -0.2) is 8.42 Å². The number of piperidine rings is 1. The van der Waals surface area contributed by atoms with E-state index in [1.807, 2.05) is 6.07 Å². The predicted molar refractivity (Wildman–Crippen MR) is 82.5 cm³/mol. The summed E-state index contributed by atoms with van der Waals surface area (Å²) in [6, 6.07) is 5.16. The van der Waals surface area contributed by atoms with Crippen LogP contribution in [-0.4, -0.2) is 39.0 Å². The summed E-state index contributed by atoms with van der Waals surface area (Å²) in [6.07, 6.45) is 1.67. The van der Waals surface area contributed by atoms with Crippen LogP contribution in [0.5, 0.6) is 0 Å². The summed E-state index contributed by atoms with van der Waals surface area (Å²) in [5.74, 6) is 0.288. The molecule has 1 heterocycles. The molecule has 0 saturated carbocycles. The third-order valence-corrected chi connectivity index (χ3v) is 6.61. The second kappa shape index (κ2) is 6.75. The summed E-state index contributed by atoms with van der Waals surface area (Å²) >= 11 is 9.10. The van der Waals surface area contributed by atoms with Crippen molar-refractivity contribution in [1.29, 1.82) is 0 Å². The zero-order valence-electron chi connectivity index (χ0n) is 11.2. The molecule has 1 aromatic rings. The van der Waals surface area contributed by atoms with Crippen LogP contribution in [0, 0.1) is 0 Å². The van der Waals surface area contributed by atoms with Crippen molar-refractivity contribution in [2.45, 2.75) is 29.7 Å². The number of nitrogens with zero attached hydrogens (tertiary/aromatic N) is 1. The van der Waals surface area contributed by atoms with E-state index in [0.29, 0.717) is 17.6 Å². The van der Waals surface area contributed by atoms with Gasteiger partial charge in [-0.2, -0.15) is 4.31 Å². The standard InChI is InChI=1S/C13H17BrClNO3S/c1-19-11-3-2-6-16(9-11)20(17,18)13-7-10(8-15)4-5-12(13)14/h4-5,7,11H,2-3,6,8-9H2,1H3. The van der Waals surface area contributed by atoms with E-state index in [1.54, 1.807) is 19.2 Å². The number of ether oxygens (including phenoxy) is 1. The maximum Gasteiger partial charge on any atom is 0.244 e. The van der Waals surface area contributed by atoms with E-state index in [0.717, 1.165) is 18.4 Å². The molecule has 1 aliphatic rings. The third-order valence-electron chi connectivity index (χ3n) is 3.44. The van der Waals surface area contributed by atoms with Gasteiger partial charge < -0.3 is 4.74 Å². The van der Waals surface area contributed by atoms with Crippen LogP contribution in [0.1, 0.15) is 18.4 Å². The van der Waals surface area contributed by atoms with Crippen molar-refractivity contribution in [3.8, 4) is 0 Å². The highest BCUT2D eigenvalue weighted by molar-refractivity contribution is 9.10. The van der Waals surface area contributed by atoms with Gasteiger partial charge in [0.25, 0.3) is 0 Å². The van der Waals surface area contributed by atoms with Gasteiger partial charge in [0.15, 0.2) is 0 Å². The van der Waals surface area contributed by atoms with E-state index < -0.39 is 10.0 Å². The molecule has 0 spiro atoms. The van der Waals surface area contributed by atoms with Crippen LogP contribution in [0.15, 0.2) is 27.6 Å². The Hall–Kier alpha value is -0.140. The van der Waals surface area contributed by atoms with E-state index in [4.69, 9.17) is 16.3 Å². The Kier molecular flexibility index (Phi) is 5.48. The topological polar surface area (TPSA) is 46.6 Å². The number of benzene rings is 1. The van der Waals surface area contributed by atoms with Crippen LogP contribution in [0.2, 0.25) is 0 Å². The van der Waals surface area contributed by atoms with Crippen molar-refractivity contribution in [3.63, 3.8) is 0 Å². The highest BCUT2D eigenvalue weighted by Crippen LogP contribution is 2.29. The molecule has 7 heteroatoms. The number of sulfonamides is 1. The molecule has 1 saturated heterocycles. The van der Waals surface area contributed by atoms with E-state index >= 15 is 0 Å². The van der Waals surface area contributed by atoms with Crippen molar-refractivity contribution in [3.05, 3.63) is 28.2 Å². The molecule has 2 rings (SSSR count). The molecule has 1 aromatic carbocycles. The first-order valence-corrected chi connectivity index (χ1v) is 9.13. The lowest BCUT2D eigenvalue weighted by Crippen LogP contribution is -2.42. The Labute approximate surface area is 133 Å². The lowest BCUT2D eigenvalue weighted by molar-refractivity contribution is 0.0571. The van der Waals surface area contributed by atoms with Gasteiger partial charge in [-0.15, -0.1) is 11.6 Å². The van der Waals surface area contributed by atoms with Gasteiger partial charge in [-0.3, -0.25) is 0 Å². The largest absolute Gasteiger partial charge is 0.380 e. The van der Waals surface area contributed by atoms with Gasteiger partial charge in [0.1, 0.15) is 0 Å². The van der Waals surface area contributed by atoms with Gasteiger partial charge in [0.05, 0.1) is 11.0 Å². The van der Waals surface area contributed by atoms with E-state index in [9.17, 15) is 8.42 Å². The molecule has 0 N–H and O–H groups in total. The number of rotatable bonds is 4. The molecule has 1 unspecified atom stereocenters. The molecule has 1 aliphatic heterocycles. The summed E-state index contributed by atoms with van der Waals surface area (Å²) < 4.78 is 32.8. The molecule has 1 atom stereocenters. The molecule has 20 heavy (non-hydrogen) atoms. The zero-order valence-corrected chi connectivity index (χ0v) is 14.3. The molecule has 0 radical (unpaired) electrons. The summed E-state index contributed by atoms with van der Waals surface area (Å²) in [5, 5.41) is 0. The van der Waals surface area contributed by atoms with Gasteiger partial charge in [0, 0.05) is 30.6 Å². The fraction of sp³-hybridized carbons (Fsp3) is 0.538. The molecular formula is C13H17BrClNO3S. The first-order chi connectivity index (χ1) is 9.48. The first-order valence-electron chi connectivity index (χ1n) is 6.36. The van der Waals surface area contributed by atoms with Gasteiger partial charge >= 0.3 is 0 Å². The van der Waals surface area contributed by atoms with Gasteiger partial charge in [-0.1, -0.05) is 6.07 Å². The van der Waals surface area contributed by atoms with E-state index in [1.165, 1.54) is 4.31 Å². The van der Waals surface area contributed by atoms with Crippen LogP contribution in [-0.2, 0) is 20.6 Å². The van der Waals surface area contributed by atoms with E-state index in [2.05, 4.69) is 15.9 Å². The Morgan fingerprint density at radius 3 is 2.90 bits per heavy atom. The molecule has 0 amide bonds. The monoisotopic (exact) mass is 381 g/mol. The molecule has 4 nitrogen and oxygen atoms in total. The molecular weight excluding hydrogens is 366 g/mol. The Morgan fingerprint density at radius 2 is 2.25 bits per heavy atom. The van der Waals surface area contributed by atoms with Crippen LogP contribution in [0.4, 0.5) is 0 Å². The Balaban J connectivity index is 2.34. The predicted octanol–water partition coefficient (Wildman–Crippen LogP) is 2.99. The van der Waals surface area contributed by atoms with Crippen molar-refractivity contribution in [2.24, 2.45) is 0 Å². The van der Waals surface area contributed by atoms with Crippen molar-refractivity contribution in [2.75, 3.05) is 20.2 Å². The first kappa shape index (κ1) is 16.2. The smallest absolute Gasteiger partial charge is 0.244 e. The number of halogens is 2. The highest BCUT2D eigenvalue weighted by Gasteiger charge is 2.31. The average molecular weight is 383 g/mol. The Bertz CT molecular complexity index is 579. The summed E-state index contributed by atoms with van der Waals surface area (Å²) in [4.78, 5) is 0.271. The maximum atomic E-state index is 12.7. The number of alkyl halides is 1. The third kappa shape index (κ3) is 3.36. The number of hydrogen-bond acceptors (Lipinski definition) is 3. The average Bonchev–Trinajstić information content (AvgIpc) is 2.47. The van der Waals surface area contributed by atoms with Crippen LogP contribution >= 0.6 is 27.5 Å². The minimum absolute atomic E-state index is 0.0338. The highest BCUT2D eigenvalue weighted by atomic mass is 79.9. The summed E-state index contributed by atoms with van der Waals surface area (Å²) in [7, 11) is -1.90. The lowest BCUT2D eigenvalue weighted by Gasteiger charge is -2.31. The van der Waals surface area contributed by atoms with Crippen molar-refractivity contribution >= 4 is 37.6 Å². The van der Waals surface area contributed by atoms with Crippen molar-refractivity contribution in [1.82, 2.24) is 4.31 Å². The zero-order chi connectivity index (χ0) is 14.8. The molecule has 0 bridgehead atoms. The van der Waals surface area contributed by atoms with Crippen molar-refractivity contribution < 1.29 is 13.2 Å². The second-order valence-electron chi connectivity index (χ2n) is 4.76. The van der Waals surface area contributed by atoms with Gasteiger partial charge in [-0.05, 0) is 46.5 Å². The SMILES string of the molecule is COC1CCCN(S(=O)(=O)c2cc(CCl)ccc2Br)C1. The molecule has 1 fully saturated rings. The second-order valence-corrected chi connectivity index (χ2v) is 7.79. The number of hydrogen-bond donors (Lipinski definition) is 0. The molecule has 112 valence electrons. The fourth-order valence-corrected chi connectivity index (χ4v) is 4.93.